The van der Waals surface area contributed by atoms with Crippen molar-refractivity contribution in [3.63, 3.8) is 0 Å². The fourth-order valence-electron chi connectivity index (χ4n) is 3.13. The maximum Gasteiger partial charge on any atom is 0.254 e. The van der Waals surface area contributed by atoms with Gasteiger partial charge in [0.15, 0.2) is 0 Å². The molecule has 1 aromatic carbocycles. The van der Waals surface area contributed by atoms with Gasteiger partial charge in [-0.3, -0.25) is 9.59 Å². The lowest BCUT2D eigenvalue weighted by Gasteiger charge is -2.35. The molecule has 0 fully saturated rings. The van der Waals surface area contributed by atoms with Crippen LogP contribution in [0, 0.1) is 5.82 Å². The topological polar surface area (TPSA) is 49.4 Å². The average molecular weight is 346 g/mol. The molecule has 3 rings (SSSR count). The second-order valence-corrected chi connectivity index (χ2v) is 6.72. The number of hydrogen-bond donors (Lipinski definition) is 1. The SMILES string of the molecule is CC[C@H]1c2ccsc2CCN1C(=O)CNC(=O)c1ccccc1F. The van der Waals surface area contributed by atoms with Crippen molar-refractivity contribution in [2.45, 2.75) is 25.8 Å². The van der Waals surface area contributed by atoms with Crippen molar-refractivity contribution in [2.24, 2.45) is 0 Å². The number of carbonyl (C=O) groups excluding carboxylic acids is 2. The molecule has 126 valence electrons. The highest BCUT2D eigenvalue weighted by Crippen LogP contribution is 2.35. The molecule has 2 amide bonds. The first-order valence-electron chi connectivity index (χ1n) is 8.00. The summed E-state index contributed by atoms with van der Waals surface area (Å²) in [5.41, 5.74) is 1.17. The van der Waals surface area contributed by atoms with Crippen molar-refractivity contribution in [1.29, 1.82) is 0 Å². The first-order valence-corrected chi connectivity index (χ1v) is 8.88. The molecule has 1 atom stereocenters. The van der Waals surface area contributed by atoms with Crippen LogP contribution in [0.15, 0.2) is 35.7 Å². The molecule has 1 aliphatic heterocycles. The molecule has 0 radical (unpaired) electrons. The summed E-state index contributed by atoms with van der Waals surface area (Å²) in [4.78, 5) is 27.7. The minimum Gasteiger partial charge on any atom is -0.343 e. The molecule has 0 saturated carbocycles. The maximum absolute atomic E-state index is 13.6. The number of amides is 2. The molecule has 1 aliphatic rings. The van der Waals surface area contributed by atoms with E-state index in [1.54, 1.807) is 17.4 Å². The third kappa shape index (κ3) is 3.19. The third-order valence-electron chi connectivity index (χ3n) is 4.32. The van der Waals surface area contributed by atoms with Gasteiger partial charge in [-0.25, -0.2) is 4.39 Å². The Morgan fingerprint density at radius 3 is 2.88 bits per heavy atom. The number of nitrogens with one attached hydrogen (secondary N) is 1. The Balaban J connectivity index is 1.65. The molecule has 2 aromatic rings. The van der Waals surface area contributed by atoms with Crippen molar-refractivity contribution < 1.29 is 14.0 Å². The van der Waals surface area contributed by atoms with Crippen molar-refractivity contribution in [3.05, 3.63) is 57.5 Å². The molecule has 0 bridgehead atoms. The van der Waals surface area contributed by atoms with E-state index in [0.717, 1.165) is 12.8 Å². The molecular weight excluding hydrogens is 327 g/mol. The molecule has 1 aromatic heterocycles. The summed E-state index contributed by atoms with van der Waals surface area (Å²) in [5, 5.41) is 4.59. The molecule has 0 saturated heterocycles. The molecule has 0 unspecified atom stereocenters. The second-order valence-electron chi connectivity index (χ2n) is 5.72. The molecule has 2 heterocycles. The van der Waals surface area contributed by atoms with E-state index in [1.165, 1.54) is 28.6 Å². The van der Waals surface area contributed by atoms with E-state index in [2.05, 4.69) is 23.7 Å². The normalized spacial score (nSPS) is 16.6. The van der Waals surface area contributed by atoms with E-state index >= 15 is 0 Å². The first-order chi connectivity index (χ1) is 11.6. The number of fused-ring (bicyclic) bond motifs is 1. The smallest absolute Gasteiger partial charge is 0.254 e. The number of nitrogens with zero attached hydrogens (tertiary/aromatic N) is 1. The lowest BCUT2D eigenvalue weighted by atomic mass is 9.98. The fraction of sp³-hybridized carbons (Fsp3) is 0.333. The number of rotatable bonds is 4. The quantitative estimate of drug-likeness (QED) is 0.924. The fourth-order valence-corrected chi connectivity index (χ4v) is 4.06. The van der Waals surface area contributed by atoms with Crippen LogP contribution in [0.25, 0.3) is 0 Å². The van der Waals surface area contributed by atoms with Crippen LogP contribution in [-0.4, -0.2) is 29.8 Å². The lowest BCUT2D eigenvalue weighted by molar-refractivity contribution is -0.133. The average Bonchev–Trinajstić information content (AvgIpc) is 3.07. The Bertz CT molecular complexity index is 759. The summed E-state index contributed by atoms with van der Waals surface area (Å²) in [6.07, 6.45) is 1.67. The van der Waals surface area contributed by atoms with E-state index in [0.29, 0.717) is 6.54 Å². The van der Waals surface area contributed by atoms with Gasteiger partial charge in [0.25, 0.3) is 5.91 Å². The van der Waals surface area contributed by atoms with Gasteiger partial charge in [-0.2, -0.15) is 0 Å². The van der Waals surface area contributed by atoms with Crippen LogP contribution in [0.5, 0.6) is 0 Å². The predicted molar refractivity (Wildman–Crippen MR) is 91.5 cm³/mol. The minimum absolute atomic E-state index is 0.0453. The summed E-state index contributed by atoms with van der Waals surface area (Å²) in [6.45, 7) is 2.58. The number of halogens is 1. The van der Waals surface area contributed by atoms with Crippen molar-refractivity contribution in [1.82, 2.24) is 10.2 Å². The molecule has 4 nitrogen and oxygen atoms in total. The van der Waals surface area contributed by atoms with E-state index < -0.39 is 11.7 Å². The highest BCUT2D eigenvalue weighted by molar-refractivity contribution is 7.10. The van der Waals surface area contributed by atoms with Crippen molar-refractivity contribution in [2.75, 3.05) is 13.1 Å². The lowest BCUT2D eigenvalue weighted by Crippen LogP contribution is -2.44. The summed E-state index contributed by atoms with van der Waals surface area (Å²) < 4.78 is 13.6. The number of thiophene rings is 1. The van der Waals surface area contributed by atoms with Gasteiger partial charge in [0.1, 0.15) is 5.82 Å². The largest absolute Gasteiger partial charge is 0.343 e. The first kappa shape index (κ1) is 16.6. The third-order valence-corrected chi connectivity index (χ3v) is 5.32. The standard InChI is InChI=1S/C18H19FN2O2S/c1-2-15-13-8-10-24-16(13)7-9-21(15)17(22)11-20-18(23)12-5-3-4-6-14(12)19/h3-6,8,10,15H,2,7,9,11H2,1H3,(H,20,23)/t15-/m0/s1. The molecule has 0 spiro atoms. The van der Waals surface area contributed by atoms with Crippen molar-refractivity contribution >= 4 is 23.2 Å². The zero-order chi connectivity index (χ0) is 17.1. The summed E-state index contributed by atoms with van der Waals surface area (Å²) in [5.74, 6) is -1.29. The number of carbonyl (C=O) groups is 2. The zero-order valence-corrected chi connectivity index (χ0v) is 14.2. The van der Waals surface area contributed by atoms with Crippen LogP contribution in [0.3, 0.4) is 0 Å². The zero-order valence-electron chi connectivity index (χ0n) is 13.4. The van der Waals surface area contributed by atoms with Gasteiger partial charge in [-0.15, -0.1) is 11.3 Å². The van der Waals surface area contributed by atoms with Crippen LogP contribution in [0.4, 0.5) is 4.39 Å². The Kier molecular flexibility index (Phi) is 4.94. The predicted octanol–water partition coefficient (Wildman–Crippen LogP) is 3.15. The van der Waals surface area contributed by atoms with Crippen LogP contribution in [-0.2, 0) is 11.2 Å². The van der Waals surface area contributed by atoms with E-state index in [4.69, 9.17) is 0 Å². The number of benzene rings is 1. The van der Waals surface area contributed by atoms with E-state index in [1.807, 2.05) is 4.90 Å². The molecular formula is C18H19FN2O2S. The number of hydrogen-bond acceptors (Lipinski definition) is 3. The summed E-state index contributed by atoms with van der Waals surface area (Å²) in [6, 6.07) is 7.88. The van der Waals surface area contributed by atoms with Crippen LogP contribution >= 0.6 is 11.3 Å². The molecule has 24 heavy (non-hydrogen) atoms. The second kappa shape index (κ2) is 7.13. The van der Waals surface area contributed by atoms with Gasteiger partial charge in [-0.1, -0.05) is 19.1 Å². The highest BCUT2D eigenvalue weighted by Gasteiger charge is 2.30. The van der Waals surface area contributed by atoms with Gasteiger partial charge in [0, 0.05) is 11.4 Å². The molecule has 6 heteroatoms. The van der Waals surface area contributed by atoms with Crippen LogP contribution < -0.4 is 5.32 Å². The van der Waals surface area contributed by atoms with Gasteiger partial charge in [0.05, 0.1) is 18.2 Å². The Morgan fingerprint density at radius 2 is 2.12 bits per heavy atom. The monoisotopic (exact) mass is 346 g/mol. The van der Waals surface area contributed by atoms with Crippen LogP contribution in [0.2, 0.25) is 0 Å². The highest BCUT2D eigenvalue weighted by atomic mass is 32.1. The minimum atomic E-state index is -0.588. The Morgan fingerprint density at radius 1 is 1.33 bits per heavy atom. The summed E-state index contributed by atoms with van der Waals surface area (Å²) >= 11 is 1.73. The molecule has 1 N–H and O–H groups in total. The van der Waals surface area contributed by atoms with E-state index in [9.17, 15) is 14.0 Å². The summed E-state index contributed by atoms with van der Waals surface area (Å²) in [7, 11) is 0. The van der Waals surface area contributed by atoms with Gasteiger partial charge >= 0.3 is 0 Å². The molecule has 0 aliphatic carbocycles. The Hall–Kier alpha value is -2.21. The maximum atomic E-state index is 13.6. The van der Waals surface area contributed by atoms with Crippen LogP contribution in [0.1, 0.15) is 40.2 Å². The van der Waals surface area contributed by atoms with Gasteiger partial charge < -0.3 is 10.2 Å². The van der Waals surface area contributed by atoms with Gasteiger partial charge in [0.2, 0.25) is 5.91 Å². The van der Waals surface area contributed by atoms with Crippen molar-refractivity contribution in [3.8, 4) is 0 Å². The van der Waals surface area contributed by atoms with Gasteiger partial charge in [-0.05, 0) is 42.0 Å². The Labute approximate surface area is 144 Å². The van der Waals surface area contributed by atoms with E-state index in [-0.39, 0.29) is 24.1 Å².